The number of aliphatic imine (C=N–C) groups is 1. The van der Waals surface area contributed by atoms with Gasteiger partial charge in [0.2, 0.25) is 5.84 Å². The van der Waals surface area contributed by atoms with Crippen molar-refractivity contribution in [3.05, 3.63) is 24.6 Å². The standard InChI is InChI=1S/C18H31N3O2/c1-2-3-4-5-6-7-8-9-10-11-17-20-13-15-21(17,14-12-19)16-18(22)23/h7-8,13,15H,2-6,9-12,14,16,19H2,1H3/p+1/b8-7+. The molecule has 3 N–H and O–H groups in total. The molecule has 0 saturated heterocycles. The molecular formula is C18H32N3O2+. The van der Waals surface area contributed by atoms with Gasteiger partial charge >= 0.3 is 5.97 Å². The van der Waals surface area contributed by atoms with Gasteiger partial charge < -0.3 is 10.8 Å². The van der Waals surface area contributed by atoms with E-state index in [0.29, 0.717) is 13.1 Å². The second-order valence-corrected chi connectivity index (χ2v) is 6.15. The number of carboxylic acids is 1. The number of unbranched alkanes of at least 4 members (excludes halogenated alkanes) is 5. The molecule has 130 valence electrons. The predicted molar refractivity (Wildman–Crippen MR) is 95.0 cm³/mol. The van der Waals surface area contributed by atoms with E-state index in [1.807, 2.05) is 6.20 Å². The highest BCUT2D eigenvalue weighted by Gasteiger charge is 2.36. The van der Waals surface area contributed by atoms with E-state index >= 15 is 0 Å². The molecule has 0 aromatic heterocycles. The maximum absolute atomic E-state index is 11.1. The second-order valence-electron chi connectivity index (χ2n) is 6.15. The lowest BCUT2D eigenvalue weighted by Crippen LogP contribution is -2.52. The molecule has 0 fully saturated rings. The molecule has 1 atom stereocenters. The molecule has 5 nitrogen and oxygen atoms in total. The number of rotatable bonds is 13. The first-order valence-electron chi connectivity index (χ1n) is 8.83. The highest BCUT2D eigenvalue weighted by molar-refractivity contribution is 5.81. The Balaban J connectivity index is 2.33. The zero-order chi connectivity index (χ0) is 17.0. The third-order valence-corrected chi connectivity index (χ3v) is 4.20. The Morgan fingerprint density at radius 1 is 1.26 bits per heavy atom. The average molecular weight is 322 g/mol. The second kappa shape index (κ2) is 11.1. The van der Waals surface area contributed by atoms with Crippen LogP contribution < -0.4 is 5.73 Å². The molecule has 1 rings (SSSR count). The number of carboxylic acid groups (broad SMARTS) is 1. The van der Waals surface area contributed by atoms with Gasteiger partial charge in [0, 0.05) is 13.0 Å². The average Bonchev–Trinajstić information content (AvgIpc) is 2.87. The smallest absolute Gasteiger partial charge is 0.360 e. The van der Waals surface area contributed by atoms with Crippen LogP contribution in [-0.4, -0.2) is 41.0 Å². The first-order chi connectivity index (χ1) is 11.1. The minimum absolute atomic E-state index is 0.0276. The van der Waals surface area contributed by atoms with Gasteiger partial charge in [-0.2, -0.15) is 0 Å². The van der Waals surface area contributed by atoms with E-state index in [1.54, 1.807) is 6.20 Å². The molecule has 0 spiro atoms. The van der Waals surface area contributed by atoms with Crippen molar-refractivity contribution in [2.75, 3.05) is 19.6 Å². The molecule has 23 heavy (non-hydrogen) atoms. The van der Waals surface area contributed by atoms with Crippen molar-refractivity contribution in [3.63, 3.8) is 0 Å². The summed E-state index contributed by atoms with van der Waals surface area (Å²) in [5, 5.41) is 9.16. The molecular weight excluding hydrogens is 290 g/mol. The van der Waals surface area contributed by atoms with Crippen LogP contribution >= 0.6 is 0 Å². The molecule has 0 saturated carbocycles. The van der Waals surface area contributed by atoms with Gasteiger partial charge in [-0.25, -0.2) is 14.3 Å². The van der Waals surface area contributed by atoms with Crippen LogP contribution in [0.15, 0.2) is 29.5 Å². The number of nitrogens with two attached hydrogens (primary N) is 1. The van der Waals surface area contributed by atoms with Crippen molar-refractivity contribution < 1.29 is 14.4 Å². The minimum Gasteiger partial charge on any atom is -0.477 e. The summed E-state index contributed by atoms with van der Waals surface area (Å²) in [4.78, 5) is 15.5. The summed E-state index contributed by atoms with van der Waals surface area (Å²) in [5.74, 6) is 0.110. The van der Waals surface area contributed by atoms with Crippen LogP contribution in [0.2, 0.25) is 0 Å². The van der Waals surface area contributed by atoms with Gasteiger partial charge in [0.15, 0.2) is 6.54 Å². The third-order valence-electron chi connectivity index (χ3n) is 4.20. The summed E-state index contributed by atoms with van der Waals surface area (Å²) in [5.41, 5.74) is 5.67. The molecule has 0 amide bonds. The summed E-state index contributed by atoms with van der Waals surface area (Å²) < 4.78 is 0.284. The van der Waals surface area contributed by atoms with Crippen LogP contribution in [0.4, 0.5) is 0 Å². The van der Waals surface area contributed by atoms with Crippen LogP contribution in [0.25, 0.3) is 0 Å². The van der Waals surface area contributed by atoms with Gasteiger partial charge in [0.25, 0.3) is 0 Å². The Kier molecular flexibility index (Phi) is 9.48. The number of quaternary nitrogens is 1. The monoisotopic (exact) mass is 322 g/mol. The summed E-state index contributed by atoms with van der Waals surface area (Å²) in [6, 6.07) is 0. The lowest BCUT2D eigenvalue weighted by Gasteiger charge is -2.30. The van der Waals surface area contributed by atoms with Gasteiger partial charge in [-0.15, -0.1) is 0 Å². The van der Waals surface area contributed by atoms with Gasteiger partial charge in [-0.3, -0.25) is 0 Å². The van der Waals surface area contributed by atoms with Gasteiger partial charge in [-0.05, 0) is 25.7 Å². The summed E-state index contributed by atoms with van der Waals surface area (Å²) in [6.45, 7) is 3.30. The van der Waals surface area contributed by atoms with Crippen molar-refractivity contribution >= 4 is 11.8 Å². The van der Waals surface area contributed by atoms with E-state index in [-0.39, 0.29) is 11.0 Å². The normalized spacial score (nSPS) is 20.3. The van der Waals surface area contributed by atoms with Crippen molar-refractivity contribution in [3.8, 4) is 0 Å². The minimum atomic E-state index is -0.815. The highest BCUT2D eigenvalue weighted by Crippen LogP contribution is 2.20. The Bertz CT molecular complexity index is 444. The lowest BCUT2D eigenvalue weighted by molar-refractivity contribution is -0.778. The largest absolute Gasteiger partial charge is 0.477 e. The number of nitrogens with zero attached hydrogens (tertiary/aromatic N) is 2. The molecule has 1 unspecified atom stereocenters. The number of hydrogen-bond donors (Lipinski definition) is 2. The first-order valence-corrected chi connectivity index (χ1v) is 8.83. The van der Waals surface area contributed by atoms with E-state index in [0.717, 1.165) is 31.5 Å². The van der Waals surface area contributed by atoms with E-state index in [2.05, 4.69) is 24.1 Å². The van der Waals surface area contributed by atoms with Crippen LogP contribution in [0.5, 0.6) is 0 Å². The summed E-state index contributed by atoms with van der Waals surface area (Å²) >= 11 is 0. The molecule has 0 bridgehead atoms. The zero-order valence-corrected chi connectivity index (χ0v) is 14.4. The fraction of sp³-hybridized carbons (Fsp3) is 0.667. The fourth-order valence-corrected chi connectivity index (χ4v) is 2.94. The van der Waals surface area contributed by atoms with Gasteiger partial charge in [0.05, 0.1) is 6.20 Å². The van der Waals surface area contributed by atoms with E-state index in [1.165, 1.54) is 25.7 Å². The zero-order valence-electron chi connectivity index (χ0n) is 14.4. The SMILES string of the molecule is CCCCCC/C=C/CCCC1=NC=C[N+]1(CCN)CC(=O)O. The number of allylic oxidation sites excluding steroid dienone is 2. The molecule has 5 heteroatoms. The van der Waals surface area contributed by atoms with E-state index < -0.39 is 5.97 Å². The topological polar surface area (TPSA) is 75.7 Å². The molecule has 1 aliphatic rings. The maximum atomic E-state index is 11.1. The van der Waals surface area contributed by atoms with Crippen LogP contribution in [0.3, 0.4) is 0 Å². The van der Waals surface area contributed by atoms with Gasteiger partial charge in [-0.1, -0.05) is 38.3 Å². The fourth-order valence-electron chi connectivity index (χ4n) is 2.94. The Labute approximate surface area is 140 Å². The maximum Gasteiger partial charge on any atom is 0.360 e. The van der Waals surface area contributed by atoms with E-state index in [4.69, 9.17) is 10.8 Å². The quantitative estimate of drug-likeness (QED) is 0.310. The van der Waals surface area contributed by atoms with Crippen LogP contribution in [-0.2, 0) is 4.79 Å². The molecule has 1 heterocycles. The van der Waals surface area contributed by atoms with Crippen molar-refractivity contribution in [2.45, 2.75) is 58.3 Å². The molecule has 0 aromatic rings. The first kappa shape index (κ1) is 19.6. The van der Waals surface area contributed by atoms with Crippen LogP contribution in [0, 0.1) is 0 Å². The van der Waals surface area contributed by atoms with E-state index in [9.17, 15) is 4.79 Å². The summed E-state index contributed by atoms with van der Waals surface area (Å²) in [6.07, 6.45) is 17.3. The van der Waals surface area contributed by atoms with Crippen molar-refractivity contribution in [1.82, 2.24) is 0 Å². The number of hydrogen-bond acceptors (Lipinski definition) is 3. The highest BCUT2D eigenvalue weighted by atomic mass is 16.4. The third kappa shape index (κ3) is 7.10. The molecule has 1 aliphatic heterocycles. The van der Waals surface area contributed by atoms with Crippen molar-refractivity contribution in [2.24, 2.45) is 10.7 Å². The number of carbonyl (C=O) groups is 1. The Hall–Kier alpha value is -1.46. The van der Waals surface area contributed by atoms with Crippen molar-refractivity contribution in [1.29, 1.82) is 0 Å². The summed E-state index contributed by atoms with van der Waals surface area (Å²) in [7, 11) is 0. The number of aliphatic carboxylic acids is 1. The lowest BCUT2D eigenvalue weighted by atomic mass is 10.1. The van der Waals surface area contributed by atoms with Crippen LogP contribution in [0.1, 0.15) is 58.3 Å². The molecule has 0 aliphatic carbocycles. The molecule has 0 aromatic carbocycles. The Morgan fingerprint density at radius 3 is 2.65 bits per heavy atom. The number of amidine groups is 1. The Morgan fingerprint density at radius 2 is 2.00 bits per heavy atom. The molecule has 0 radical (unpaired) electrons. The van der Waals surface area contributed by atoms with Gasteiger partial charge in [0.1, 0.15) is 12.7 Å². The predicted octanol–water partition coefficient (Wildman–Crippen LogP) is 3.43.